The molecule has 1 saturated heterocycles. The summed E-state index contributed by atoms with van der Waals surface area (Å²) in [6.07, 6.45) is 11.8. The third-order valence-electron chi connectivity index (χ3n) is 8.13. The van der Waals surface area contributed by atoms with E-state index in [9.17, 15) is 19.2 Å². The first kappa shape index (κ1) is 38.4. The van der Waals surface area contributed by atoms with Crippen molar-refractivity contribution in [3.05, 3.63) is 71.8 Å². The Kier molecular flexibility index (Phi) is 15.2. The van der Waals surface area contributed by atoms with Gasteiger partial charge < -0.3 is 29.6 Å². The fourth-order valence-electron chi connectivity index (χ4n) is 5.30. The van der Waals surface area contributed by atoms with Crippen LogP contribution in [0, 0.1) is 0 Å². The van der Waals surface area contributed by atoms with Crippen LogP contribution < -0.4 is 15.6 Å². The second kappa shape index (κ2) is 19.1. The van der Waals surface area contributed by atoms with Gasteiger partial charge in [0.05, 0.1) is 29.4 Å². The van der Waals surface area contributed by atoms with Crippen molar-refractivity contribution in [1.29, 1.82) is 0 Å². The van der Waals surface area contributed by atoms with Gasteiger partial charge in [0.15, 0.2) is 0 Å². The molecule has 1 aliphatic carbocycles. The van der Waals surface area contributed by atoms with E-state index in [4.69, 9.17) is 14.6 Å². The number of unbranched alkanes of at least 4 members (excludes halogenated alkanes) is 2. The SMILES string of the molecule is C=CCCCC=O.CC(C)(C)OC(=O)c1ccc(N2CCC(OCCNC3CCC3)CC2)cc1.CNN1C(=O)c2ccc(O)cc2C1=O. The minimum Gasteiger partial charge on any atom is -0.508 e. The molecule has 0 radical (unpaired) electrons. The number of anilines is 1. The molecule has 11 heteroatoms. The minimum atomic E-state index is -0.467. The van der Waals surface area contributed by atoms with E-state index in [-0.39, 0.29) is 17.3 Å². The predicted molar refractivity (Wildman–Crippen MR) is 186 cm³/mol. The Balaban J connectivity index is 0.000000246. The van der Waals surface area contributed by atoms with Crippen molar-refractivity contribution < 1.29 is 33.8 Å². The molecule has 0 atom stereocenters. The highest BCUT2D eigenvalue weighted by atomic mass is 16.6. The number of phenols is 1. The Hall–Kier alpha value is -4.06. The van der Waals surface area contributed by atoms with Crippen LogP contribution in [0.1, 0.15) is 103 Å². The Bertz CT molecular complexity index is 1350. The largest absolute Gasteiger partial charge is 0.508 e. The van der Waals surface area contributed by atoms with Gasteiger partial charge in [-0.1, -0.05) is 12.5 Å². The van der Waals surface area contributed by atoms with E-state index in [0.29, 0.717) is 23.7 Å². The lowest BCUT2D eigenvalue weighted by Gasteiger charge is -2.34. The molecule has 5 rings (SSSR count). The molecule has 3 N–H and O–H groups in total. The third kappa shape index (κ3) is 11.9. The molecule has 2 aromatic rings. The predicted octanol–water partition coefficient (Wildman–Crippen LogP) is 5.43. The number of carbonyl (C=O) groups is 4. The number of piperidine rings is 1. The van der Waals surface area contributed by atoms with Crippen molar-refractivity contribution >= 4 is 29.8 Å². The summed E-state index contributed by atoms with van der Waals surface area (Å²) in [5.74, 6) is -1.13. The molecule has 1 saturated carbocycles. The van der Waals surface area contributed by atoms with Gasteiger partial charge in [-0.2, -0.15) is 0 Å². The maximum atomic E-state index is 12.1. The van der Waals surface area contributed by atoms with E-state index in [1.807, 2.05) is 51.1 Å². The number of hydrazine groups is 1. The maximum absolute atomic E-state index is 12.1. The lowest BCUT2D eigenvalue weighted by Crippen LogP contribution is -2.40. The van der Waals surface area contributed by atoms with Crippen LogP contribution in [0.3, 0.4) is 0 Å². The van der Waals surface area contributed by atoms with Crippen molar-refractivity contribution in [3.8, 4) is 5.75 Å². The monoisotopic (exact) mass is 664 g/mol. The molecular formula is C37H52N4O7. The number of esters is 1. The van der Waals surface area contributed by atoms with E-state index in [1.54, 1.807) is 0 Å². The second-order valence-corrected chi connectivity index (χ2v) is 13.0. The zero-order valence-electron chi connectivity index (χ0n) is 28.8. The Morgan fingerprint density at radius 1 is 1.00 bits per heavy atom. The summed E-state index contributed by atoms with van der Waals surface area (Å²) < 4.78 is 11.5. The summed E-state index contributed by atoms with van der Waals surface area (Å²) >= 11 is 0. The summed E-state index contributed by atoms with van der Waals surface area (Å²) in [7, 11) is 1.49. The molecule has 0 spiro atoms. The molecule has 2 aliphatic heterocycles. The Labute approximate surface area is 284 Å². The van der Waals surface area contributed by atoms with Crippen molar-refractivity contribution in [2.24, 2.45) is 0 Å². The average Bonchev–Trinajstić information content (AvgIpc) is 3.28. The number of fused-ring (bicyclic) bond motifs is 1. The maximum Gasteiger partial charge on any atom is 0.338 e. The molecular weight excluding hydrogens is 612 g/mol. The molecule has 48 heavy (non-hydrogen) atoms. The zero-order chi connectivity index (χ0) is 35.1. The van der Waals surface area contributed by atoms with Crippen LogP contribution in [0.25, 0.3) is 0 Å². The second-order valence-electron chi connectivity index (χ2n) is 13.0. The lowest BCUT2D eigenvalue weighted by atomic mass is 9.93. The molecule has 2 aromatic carbocycles. The van der Waals surface area contributed by atoms with Crippen molar-refractivity contribution in [2.45, 2.75) is 89.9 Å². The van der Waals surface area contributed by atoms with Crippen LogP contribution in [-0.4, -0.2) is 85.2 Å². The number of nitrogens with zero attached hydrogens (tertiary/aromatic N) is 2. The van der Waals surface area contributed by atoms with Gasteiger partial charge in [-0.3, -0.25) is 9.59 Å². The first-order valence-electron chi connectivity index (χ1n) is 16.8. The highest BCUT2D eigenvalue weighted by Crippen LogP contribution is 2.25. The van der Waals surface area contributed by atoms with Crippen molar-refractivity contribution in [1.82, 2.24) is 15.8 Å². The number of allylic oxidation sites excluding steroid dienone is 1. The number of nitrogens with one attached hydrogen (secondary N) is 2. The molecule has 2 fully saturated rings. The summed E-state index contributed by atoms with van der Waals surface area (Å²) in [6, 6.07) is 12.6. The first-order chi connectivity index (χ1) is 23.0. The minimum absolute atomic E-state index is 0.0251. The van der Waals surface area contributed by atoms with Crippen LogP contribution in [-0.2, 0) is 14.3 Å². The van der Waals surface area contributed by atoms with Crippen LogP contribution in [0.15, 0.2) is 55.1 Å². The molecule has 3 aliphatic rings. The van der Waals surface area contributed by atoms with Crippen molar-refractivity contribution in [3.63, 3.8) is 0 Å². The van der Waals surface area contributed by atoms with Crippen LogP contribution in [0.2, 0.25) is 0 Å². The lowest BCUT2D eigenvalue weighted by molar-refractivity contribution is -0.107. The van der Waals surface area contributed by atoms with Gasteiger partial charge in [0.1, 0.15) is 17.6 Å². The van der Waals surface area contributed by atoms with E-state index in [2.05, 4.69) is 22.2 Å². The normalized spacial score (nSPS) is 16.2. The van der Waals surface area contributed by atoms with Gasteiger partial charge in [-0.25, -0.2) is 15.2 Å². The molecule has 2 amide bonds. The number of aromatic hydroxyl groups is 1. The van der Waals surface area contributed by atoms with Gasteiger partial charge in [-0.05, 0) is 102 Å². The van der Waals surface area contributed by atoms with Crippen LogP contribution in [0.4, 0.5) is 5.69 Å². The number of rotatable bonds is 12. The van der Waals surface area contributed by atoms with Gasteiger partial charge >= 0.3 is 5.97 Å². The van der Waals surface area contributed by atoms with Crippen molar-refractivity contribution in [2.75, 3.05) is 38.2 Å². The van der Waals surface area contributed by atoms with E-state index < -0.39 is 17.4 Å². The number of imide groups is 1. The quantitative estimate of drug-likeness (QED) is 0.0885. The number of aldehydes is 1. The Morgan fingerprint density at radius 2 is 1.67 bits per heavy atom. The van der Waals surface area contributed by atoms with E-state index in [1.165, 1.54) is 44.5 Å². The summed E-state index contributed by atoms with van der Waals surface area (Å²) in [4.78, 5) is 47.2. The smallest absolute Gasteiger partial charge is 0.338 e. The molecule has 11 nitrogen and oxygen atoms in total. The molecule has 262 valence electrons. The number of hydrogen-bond acceptors (Lipinski definition) is 10. The molecule has 0 bridgehead atoms. The number of amides is 2. The highest BCUT2D eigenvalue weighted by Gasteiger charge is 2.35. The van der Waals surface area contributed by atoms with Gasteiger partial charge in [0, 0.05) is 44.8 Å². The van der Waals surface area contributed by atoms with Gasteiger partial charge in [0.25, 0.3) is 11.8 Å². The summed E-state index contributed by atoms with van der Waals surface area (Å²) in [5.41, 5.74) is 4.31. The van der Waals surface area contributed by atoms with Crippen LogP contribution in [0.5, 0.6) is 5.75 Å². The molecule has 2 heterocycles. The number of ether oxygens (including phenoxy) is 2. The topological polar surface area (TPSA) is 138 Å². The summed E-state index contributed by atoms with van der Waals surface area (Å²) in [6.45, 7) is 12.9. The van der Waals surface area contributed by atoms with Gasteiger partial charge in [-0.15, -0.1) is 6.58 Å². The average molecular weight is 665 g/mol. The number of phenolic OH excluding ortho intramolecular Hbond substituents is 1. The highest BCUT2D eigenvalue weighted by molar-refractivity contribution is 6.21. The standard InChI is InChI=1S/C22H34N2O3.C9H8N2O3.C6H10O/c1-22(2,3)27-21(25)17-7-9-19(10-8-17)24-14-11-20(12-15-24)26-16-13-23-18-5-4-6-18;1-10-11-8(13)6-3-2-5(12)4-7(6)9(11)14;1-2-3-4-5-6-7/h7-10,18,20,23H,4-6,11-16H2,1-3H3;2-4,10,12H,1H3;2,6H,1,3-5H2. The van der Waals surface area contributed by atoms with E-state index in [0.717, 1.165) is 74.9 Å². The molecule has 0 aromatic heterocycles. The number of hydrogen-bond donors (Lipinski definition) is 3. The fourth-order valence-corrected chi connectivity index (χ4v) is 5.30. The fraction of sp³-hybridized carbons (Fsp3) is 0.514. The Morgan fingerprint density at radius 3 is 2.23 bits per heavy atom. The number of carbonyl (C=O) groups excluding carboxylic acids is 4. The molecule has 0 unspecified atom stereocenters. The first-order valence-corrected chi connectivity index (χ1v) is 16.8. The number of benzene rings is 2. The van der Waals surface area contributed by atoms with Crippen LogP contribution >= 0.6 is 0 Å². The third-order valence-corrected chi connectivity index (χ3v) is 8.13. The van der Waals surface area contributed by atoms with Gasteiger partial charge in [0.2, 0.25) is 0 Å². The summed E-state index contributed by atoms with van der Waals surface area (Å²) in [5, 5.41) is 13.6. The van der Waals surface area contributed by atoms with E-state index >= 15 is 0 Å². The zero-order valence-corrected chi connectivity index (χ0v) is 28.8.